The van der Waals surface area contributed by atoms with E-state index < -0.39 is 37.6 Å². The number of methoxy groups -OCH3 is 1. The van der Waals surface area contributed by atoms with Gasteiger partial charge in [0.15, 0.2) is 10.8 Å². The molecule has 0 amide bonds. The second-order valence-corrected chi connectivity index (χ2v) is 11.0. The van der Waals surface area contributed by atoms with Crippen LogP contribution in [0.4, 0.5) is 4.39 Å². The third-order valence-corrected chi connectivity index (χ3v) is 7.49. The Balaban J connectivity index is 2.81. The summed E-state index contributed by atoms with van der Waals surface area (Å²) in [6.45, 7) is 3.52. The number of carbonyl (C=O) groups is 1. The van der Waals surface area contributed by atoms with Crippen molar-refractivity contribution in [1.29, 1.82) is 0 Å². The van der Waals surface area contributed by atoms with Crippen molar-refractivity contribution >= 4 is 24.6 Å². The molecule has 3 N–H and O–H groups in total. The lowest BCUT2D eigenvalue weighted by molar-refractivity contribution is -0.119. The molecule has 0 radical (unpaired) electrons. The quantitative estimate of drug-likeness (QED) is 0.188. The number of aliphatic hydroxyl groups is 2. The van der Waals surface area contributed by atoms with Crippen molar-refractivity contribution in [3.8, 4) is 12.3 Å². The number of hydrogen-bond acceptors (Lipinski definition) is 8. The molecule has 0 aliphatic rings. The highest BCUT2D eigenvalue weighted by Crippen LogP contribution is 2.44. The van der Waals surface area contributed by atoms with E-state index in [1.165, 1.54) is 7.11 Å². The second-order valence-electron chi connectivity index (χ2n) is 8.06. The number of ether oxygens (including phenoxy) is 1. The van der Waals surface area contributed by atoms with Crippen molar-refractivity contribution in [1.82, 2.24) is 5.09 Å². The molecule has 0 aromatic heterocycles. The summed E-state index contributed by atoms with van der Waals surface area (Å²) in [6.07, 6.45) is 2.17. The molecule has 1 aromatic carbocycles. The van der Waals surface area contributed by atoms with Crippen molar-refractivity contribution < 1.29 is 37.7 Å². The summed E-state index contributed by atoms with van der Waals surface area (Å²) in [6, 6.07) is 9.09. The van der Waals surface area contributed by atoms with Crippen LogP contribution >= 0.6 is 19.5 Å². The number of halogens is 1. The Labute approximate surface area is 199 Å². The first kappa shape index (κ1) is 29.8. The summed E-state index contributed by atoms with van der Waals surface area (Å²) in [5.41, 5.74) is -2.48. The maximum Gasteiger partial charge on any atom is 0.405 e. The van der Waals surface area contributed by atoms with E-state index in [0.717, 1.165) is 24.2 Å². The Bertz CT molecular complexity index is 832. The summed E-state index contributed by atoms with van der Waals surface area (Å²) in [5.74, 6) is 2.01. The van der Waals surface area contributed by atoms with Crippen molar-refractivity contribution in [2.75, 3.05) is 32.7 Å². The lowest BCUT2D eigenvalue weighted by Gasteiger charge is -2.29. The fourth-order valence-electron chi connectivity index (χ4n) is 2.36. The Morgan fingerprint density at radius 2 is 1.94 bits per heavy atom. The summed E-state index contributed by atoms with van der Waals surface area (Å²) < 4.78 is 43.5. The molecule has 0 heterocycles. The molecule has 11 heteroatoms. The lowest BCUT2D eigenvalue weighted by Crippen LogP contribution is -2.45. The fraction of sp³-hybridized carbons (Fsp3) is 0.591. The van der Waals surface area contributed by atoms with E-state index in [-0.39, 0.29) is 30.6 Å². The molecule has 8 nitrogen and oxygen atoms in total. The first-order valence-electron chi connectivity index (χ1n) is 10.2. The first-order valence-corrected chi connectivity index (χ1v) is 12.8. The predicted octanol–water partition coefficient (Wildman–Crippen LogP) is 2.93. The third-order valence-electron chi connectivity index (χ3n) is 4.75. The van der Waals surface area contributed by atoms with Crippen LogP contribution in [0.5, 0.6) is 0 Å². The van der Waals surface area contributed by atoms with E-state index in [0.29, 0.717) is 0 Å². The van der Waals surface area contributed by atoms with Crippen molar-refractivity contribution in [3.63, 3.8) is 0 Å². The number of hydrogen-bond donors (Lipinski definition) is 3. The lowest BCUT2D eigenvalue weighted by atomic mass is 9.97. The minimum Gasteiger partial charge on any atom is -0.395 e. The monoisotopic (exact) mass is 505 g/mol. The molecule has 3 unspecified atom stereocenters. The van der Waals surface area contributed by atoms with Gasteiger partial charge in [-0.05, 0) is 26.3 Å². The highest BCUT2D eigenvalue weighted by Gasteiger charge is 2.39. The van der Waals surface area contributed by atoms with E-state index in [1.807, 2.05) is 36.3 Å². The van der Waals surface area contributed by atoms with Crippen LogP contribution in [0, 0.1) is 17.8 Å². The van der Waals surface area contributed by atoms with E-state index in [1.54, 1.807) is 13.8 Å². The van der Waals surface area contributed by atoms with Crippen molar-refractivity contribution in [2.45, 2.75) is 45.2 Å². The van der Waals surface area contributed by atoms with Crippen molar-refractivity contribution in [3.05, 3.63) is 35.9 Å². The summed E-state index contributed by atoms with van der Waals surface area (Å²) in [5, 5.41) is 21.9. The van der Waals surface area contributed by atoms with Gasteiger partial charge in [-0.25, -0.2) is 14.0 Å². The van der Waals surface area contributed by atoms with Crippen LogP contribution in [0.3, 0.4) is 0 Å². The molecular formula is C22H33FNO7PS. The molecule has 0 aliphatic heterocycles. The number of nitrogens with one attached hydrogen (secondary N) is 1. The molecule has 0 saturated heterocycles. The number of benzene rings is 1. The van der Waals surface area contributed by atoms with Gasteiger partial charge >= 0.3 is 7.75 Å². The van der Waals surface area contributed by atoms with Crippen LogP contribution in [-0.4, -0.2) is 65.9 Å². The SMILES string of the molecule is C#CC(C)(F)C(O)[C@@H](COP(=O)(NCc1ccccc1)OCCSC(=O)C(C)(C)CO)OC. The minimum atomic E-state index is -3.95. The summed E-state index contributed by atoms with van der Waals surface area (Å²) in [4.78, 5) is 12.1. The average molecular weight is 506 g/mol. The van der Waals surface area contributed by atoms with Gasteiger partial charge in [0.25, 0.3) is 0 Å². The molecule has 0 spiro atoms. The van der Waals surface area contributed by atoms with Gasteiger partial charge in [-0.1, -0.05) is 48.0 Å². The maximum atomic E-state index is 14.3. The largest absolute Gasteiger partial charge is 0.405 e. The highest BCUT2D eigenvalue weighted by atomic mass is 32.2. The molecule has 4 atom stereocenters. The zero-order chi connectivity index (χ0) is 25.1. The van der Waals surface area contributed by atoms with Crippen LogP contribution in [0.1, 0.15) is 26.3 Å². The van der Waals surface area contributed by atoms with Gasteiger partial charge in [0, 0.05) is 19.4 Å². The van der Waals surface area contributed by atoms with Gasteiger partial charge < -0.3 is 14.9 Å². The number of rotatable bonds is 15. The van der Waals surface area contributed by atoms with Crippen LogP contribution < -0.4 is 5.09 Å². The first-order chi connectivity index (χ1) is 15.4. The van der Waals surface area contributed by atoms with E-state index in [4.69, 9.17) is 20.2 Å². The van der Waals surface area contributed by atoms with Crippen LogP contribution in [0.15, 0.2) is 30.3 Å². The van der Waals surface area contributed by atoms with Gasteiger partial charge in [0.2, 0.25) is 0 Å². The third kappa shape index (κ3) is 9.85. The molecule has 0 fully saturated rings. The van der Waals surface area contributed by atoms with Gasteiger partial charge in [0.1, 0.15) is 12.2 Å². The molecule has 1 aromatic rings. The van der Waals surface area contributed by atoms with Crippen LogP contribution in [0.25, 0.3) is 0 Å². The van der Waals surface area contributed by atoms with Crippen LogP contribution in [0.2, 0.25) is 0 Å². The zero-order valence-electron chi connectivity index (χ0n) is 19.3. The normalized spacial score (nSPS) is 17.4. The smallest absolute Gasteiger partial charge is 0.395 e. The van der Waals surface area contributed by atoms with Gasteiger partial charge in [0.05, 0.1) is 25.2 Å². The molecule has 1 rings (SSSR count). The topological polar surface area (TPSA) is 114 Å². The maximum absolute atomic E-state index is 14.3. The predicted molar refractivity (Wildman–Crippen MR) is 126 cm³/mol. The summed E-state index contributed by atoms with van der Waals surface area (Å²) >= 11 is 0.938. The molecule has 0 aliphatic carbocycles. The fourth-order valence-corrected chi connectivity index (χ4v) is 4.60. The Morgan fingerprint density at radius 1 is 1.30 bits per heavy atom. The molecule has 0 bridgehead atoms. The standard InChI is InChI=1S/C22H33FNO7PS/c1-6-22(4,23)19(26)18(29-5)15-31-32(28,24-14-17-10-8-7-9-11-17)30-12-13-33-20(27)21(2,3)16-25/h1,7-11,18-19,25-26H,12-16H2,2-5H3,(H,24,28)/t18-,19?,22?,32?/m1/s1. The van der Waals surface area contributed by atoms with E-state index >= 15 is 0 Å². The van der Waals surface area contributed by atoms with Gasteiger partial charge in [-0.3, -0.25) is 13.8 Å². The van der Waals surface area contributed by atoms with Crippen LogP contribution in [-0.2, 0) is 29.7 Å². The number of alkyl halides is 1. The van der Waals surface area contributed by atoms with Crippen molar-refractivity contribution in [2.24, 2.45) is 5.41 Å². The Morgan fingerprint density at radius 3 is 2.48 bits per heavy atom. The van der Waals surface area contributed by atoms with Gasteiger partial charge in [-0.15, -0.1) is 6.42 Å². The average Bonchev–Trinajstić information content (AvgIpc) is 2.81. The minimum absolute atomic E-state index is 0.109. The molecule has 33 heavy (non-hydrogen) atoms. The molecule has 0 saturated carbocycles. The number of terminal acetylenes is 1. The number of thioether (sulfide) groups is 1. The number of carbonyl (C=O) groups excluding carboxylic acids is 1. The zero-order valence-corrected chi connectivity index (χ0v) is 21.0. The second kappa shape index (κ2) is 13.6. The molecular weight excluding hydrogens is 472 g/mol. The Kier molecular flexibility index (Phi) is 12.2. The Hall–Kier alpha value is -1.28. The highest BCUT2D eigenvalue weighted by molar-refractivity contribution is 8.13. The van der Waals surface area contributed by atoms with E-state index in [2.05, 4.69) is 5.09 Å². The number of aliphatic hydroxyl groups excluding tert-OH is 2. The molecule has 186 valence electrons. The van der Waals surface area contributed by atoms with E-state index in [9.17, 15) is 24.0 Å². The van der Waals surface area contributed by atoms with Gasteiger partial charge in [-0.2, -0.15) is 0 Å². The summed E-state index contributed by atoms with van der Waals surface area (Å²) in [7, 11) is -2.71.